The molecule has 0 saturated carbocycles. The lowest BCUT2D eigenvalue weighted by Crippen LogP contribution is -2.43. The van der Waals surface area contributed by atoms with E-state index in [2.05, 4.69) is 22.5 Å². The summed E-state index contributed by atoms with van der Waals surface area (Å²) in [6, 6.07) is 0.0870. The van der Waals surface area contributed by atoms with E-state index in [9.17, 15) is 8.42 Å². The van der Waals surface area contributed by atoms with E-state index in [4.69, 9.17) is 4.99 Å². The van der Waals surface area contributed by atoms with Crippen molar-refractivity contribution in [3.63, 3.8) is 0 Å². The van der Waals surface area contributed by atoms with Gasteiger partial charge in [0.2, 0.25) is 0 Å². The van der Waals surface area contributed by atoms with Gasteiger partial charge in [-0.15, -0.1) is 24.0 Å². The van der Waals surface area contributed by atoms with Crippen LogP contribution in [0, 0.1) is 5.92 Å². The Hall–Kier alpha value is -0.0900. The van der Waals surface area contributed by atoms with E-state index in [1.54, 1.807) is 0 Å². The summed E-state index contributed by atoms with van der Waals surface area (Å²) >= 11 is 0. The van der Waals surface area contributed by atoms with Crippen molar-refractivity contribution in [2.45, 2.75) is 52.5 Å². The van der Waals surface area contributed by atoms with Gasteiger partial charge in [-0.25, -0.2) is 8.42 Å². The quantitative estimate of drug-likeness (QED) is 0.296. The lowest BCUT2D eigenvalue weighted by atomic mass is 9.97. The summed E-state index contributed by atoms with van der Waals surface area (Å²) in [5.74, 6) is 1.66. The number of piperidine rings is 1. The Morgan fingerprint density at radius 1 is 1.28 bits per heavy atom. The molecule has 1 aliphatic heterocycles. The van der Waals surface area contributed by atoms with E-state index in [1.165, 1.54) is 45.2 Å². The molecule has 1 heterocycles. The largest absolute Gasteiger partial charge is 0.357 e. The Kier molecular flexibility index (Phi) is 13.1. The third-order valence-electron chi connectivity index (χ3n) is 4.40. The van der Waals surface area contributed by atoms with Gasteiger partial charge >= 0.3 is 0 Å². The Bertz CT molecular complexity index is 477. The second kappa shape index (κ2) is 13.1. The van der Waals surface area contributed by atoms with Crippen molar-refractivity contribution < 1.29 is 8.42 Å². The smallest absolute Gasteiger partial charge is 0.191 e. The third kappa shape index (κ3) is 12.0. The first kappa shape index (κ1) is 24.9. The van der Waals surface area contributed by atoms with Crippen molar-refractivity contribution in [2.24, 2.45) is 10.9 Å². The lowest BCUT2D eigenvalue weighted by Gasteiger charge is -2.31. The van der Waals surface area contributed by atoms with E-state index in [0.29, 0.717) is 12.3 Å². The molecule has 1 fully saturated rings. The molecular weight excluding hydrogens is 451 g/mol. The van der Waals surface area contributed by atoms with Gasteiger partial charge in [0.05, 0.1) is 5.75 Å². The van der Waals surface area contributed by atoms with Crippen LogP contribution >= 0.6 is 24.0 Å². The minimum absolute atomic E-state index is 0. The zero-order valence-electron chi connectivity index (χ0n) is 16.3. The van der Waals surface area contributed by atoms with Gasteiger partial charge in [0, 0.05) is 25.4 Å². The number of nitrogens with zero attached hydrogens (tertiary/aromatic N) is 2. The fourth-order valence-corrected chi connectivity index (χ4v) is 3.73. The van der Waals surface area contributed by atoms with Crippen LogP contribution in [0.5, 0.6) is 0 Å². The van der Waals surface area contributed by atoms with Crippen LogP contribution in [0.3, 0.4) is 0 Å². The second-order valence-corrected chi connectivity index (χ2v) is 9.23. The molecule has 2 N–H and O–H groups in total. The molecule has 1 saturated heterocycles. The van der Waals surface area contributed by atoms with Gasteiger partial charge < -0.3 is 15.5 Å². The van der Waals surface area contributed by atoms with E-state index in [1.807, 2.05) is 13.8 Å². The molecule has 0 radical (unpaired) electrons. The van der Waals surface area contributed by atoms with Crippen LogP contribution in [-0.4, -0.2) is 70.1 Å². The number of guanidine groups is 1. The summed E-state index contributed by atoms with van der Waals surface area (Å²) < 4.78 is 22.5. The molecule has 0 aromatic carbocycles. The molecule has 0 spiro atoms. The predicted molar refractivity (Wildman–Crippen MR) is 118 cm³/mol. The van der Waals surface area contributed by atoms with E-state index < -0.39 is 9.84 Å². The Morgan fingerprint density at radius 3 is 2.44 bits per heavy atom. The first-order valence-corrected chi connectivity index (χ1v) is 11.3. The van der Waals surface area contributed by atoms with Crippen molar-refractivity contribution in [1.82, 2.24) is 15.5 Å². The SMILES string of the molecule is CCCN1CCC(CN=C(NCC)NC(C)CCS(C)(=O)=O)CC1.I. The van der Waals surface area contributed by atoms with Crippen molar-refractivity contribution in [3.05, 3.63) is 0 Å². The standard InChI is InChI=1S/C17H36N4O2S.HI/c1-5-10-21-11-7-16(8-12-21)14-19-17(18-6-2)20-15(3)9-13-24(4,22)23;/h15-16H,5-14H2,1-4H3,(H2,18,19,20);1H. The van der Waals surface area contributed by atoms with Crippen LogP contribution in [0.4, 0.5) is 0 Å². The lowest BCUT2D eigenvalue weighted by molar-refractivity contribution is 0.188. The summed E-state index contributed by atoms with van der Waals surface area (Å²) in [6.07, 6.45) is 5.53. The molecule has 1 unspecified atom stereocenters. The van der Waals surface area contributed by atoms with Gasteiger partial charge in [-0.2, -0.15) is 0 Å². The zero-order chi connectivity index (χ0) is 18.0. The maximum Gasteiger partial charge on any atom is 0.191 e. The van der Waals surface area contributed by atoms with Crippen molar-refractivity contribution in [3.8, 4) is 0 Å². The summed E-state index contributed by atoms with van der Waals surface area (Å²) in [5.41, 5.74) is 0. The van der Waals surface area contributed by atoms with Crippen LogP contribution in [0.25, 0.3) is 0 Å². The Morgan fingerprint density at radius 2 is 1.92 bits per heavy atom. The zero-order valence-corrected chi connectivity index (χ0v) is 19.4. The topological polar surface area (TPSA) is 73.8 Å². The van der Waals surface area contributed by atoms with Crippen LogP contribution in [0.15, 0.2) is 4.99 Å². The first-order valence-electron chi connectivity index (χ1n) is 9.29. The average molecular weight is 488 g/mol. The fraction of sp³-hybridized carbons (Fsp3) is 0.941. The highest BCUT2D eigenvalue weighted by molar-refractivity contribution is 14.0. The number of aliphatic imine (C=N–C) groups is 1. The molecular formula is C17H37IN4O2S. The molecule has 8 heteroatoms. The molecule has 0 aromatic heterocycles. The van der Waals surface area contributed by atoms with Crippen LogP contribution in [0.2, 0.25) is 0 Å². The molecule has 1 aliphatic rings. The second-order valence-electron chi connectivity index (χ2n) is 6.97. The number of sulfone groups is 1. The average Bonchev–Trinajstić information content (AvgIpc) is 2.52. The summed E-state index contributed by atoms with van der Waals surface area (Å²) in [5, 5.41) is 6.58. The van der Waals surface area contributed by atoms with Gasteiger partial charge in [0.15, 0.2) is 5.96 Å². The summed E-state index contributed by atoms with van der Waals surface area (Å²) in [6.45, 7) is 11.5. The normalized spacial score (nSPS) is 18.5. The minimum atomic E-state index is -2.91. The molecule has 150 valence electrons. The van der Waals surface area contributed by atoms with Crippen molar-refractivity contribution in [2.75, 3.05) is 44.7 Å². The number of rotatable bonds is 9. The molecule has 0 aliphatic carbocycles. The molecule has 1 atom stereocenters. The number of halogens is 1. The maximum atomic E-state index is 11.3. The summed E-state index contributed by atoms with van der Waals surface area (Å²) in [7, 11) is -2.91. The van der Waals surface area contributed by atoms with Gasteiger partial charge in [0.25, 0.3) is 0 Å². The Balaban J connectivity index is 0.00000576. The highest BCUT2D eigenvalue weighted by atomic mass is 127. The van der Waals surface area contributed by atoms with Crippen LogP contribution in [-0.2, 0) is 9.84 Å². The first-order chi connectivity index (χ1) is 11.3. The van der Waals surface area contributed by atoms with E-state index >= 15 is 0 Å². The van der Waals surface area contributed by atoms with Gasteiger partial charge in [-0.1, -0.05) is 6.92 Å². The number of hydrogen-bond donors (Lipinski definition) is 2. The Labute approximate surface area is 171 Å². The number of nitrogens with one attached hydrogen (secondary N) is 2. The molecule has 0 amide bonds. The van der Waals surface area contributed by atoms with E-state index in [0.717, 1.165) is 19.0 Å². The molecule has 0 bridgehead atoms. The summed E-state index contributed by atoms with van der Waals surface area (Å²) in [4.78, 5) is 7.26. The van der Waals surface area contributed by atoms with Crippen molar-refractivity contribution >= 4 is 39.8 Å². The van der Waals surface area contributed by atoms with Crippen LogP contribution in [0.1, 0.15) is 46.5 Å². The highest BCUT2D eigenvalue weighted by Crippen LogP contribution is 2.17. The van der Waals surface area contributed by atoms with Gasteiger partial charge in [-0.05, 0) is 65.1 Å². The maximum absolute atomic E-state index is 11.3. The van der Waals surface area contributed by atoms with Gasteiger partial charge in [0.1, 0.15) is 9.84 Å². The number of likely N-dealkylation sites (tertiary alicyclic amines) is 1. The van der Waals surface area contributed by atoms with Crippen molar-refractivity contribution in [1.29, 1.82) is 0 Å². The third-order valence-corrected chi connectivity index (χ3v) is 5.38. The molecule has 25 heavy (non-hydrogen) atoms. The molecule has 1 rings (SSSR count). The molecule has 6 nitrogen and oxygen atoms in total. The van der Waals surface area contributed by atoms with Gasteiger partial charge in [-0.3, -0.25) is 4.99 Å². The fourth-order valence-electron chi connectivity index (χ4n) is 2.95. The molecule has 0 aromatic rings. The predicted octanol–water partition coefficient (Wildman–Crippen LogP) is 2.10. The van der Waals surface area contributed by atoms with Crippen LogP contribution < -0.4 is 10.6 Å². The minimum Gasteiger partial charge on any atom is -0.357 e. The monoisotopic (exact) mass is 488 g/mol. The highest BCUT2D eigenvalue weighted by Gasteiger charge is 2.18. The number of hydrogen-bond acceptors (Lipinski definition) is 4. The van der Waals surface area contributed by atoms with E-state index in [-0.39, 0.29) is 35.8 Å².